The molecule has 0 bridgehead atoms. The normalized spacial score (nSPS) is 12.8. The summed E-state index contributed by atoms with van der Waals surface area (Å²) in [6.07, 6.45) is 95.6. The monoisotopic (exact) mass is 1140 g/mol. The van der Waals surface area contributed by atoms with Crippen LogP contribution in [0.4, 0.5) is 0 Å². The van der Waals surface area contributed by atoms with Gasteiger partial charge < -0.3 is 14.2 Å². The summed E-state index contributed by atoms with van der Waals surface area (Å²) in [6.45, 7) is 6.50. The fourth-order valence-electron chi connectivity index (χ4n) is 9.81. The molecule has 0 amide bonds. The van der Waals surface area contributed by atoms with Crippen LogP contribution in [-0.4, -0.2) is 37.2 Å². The van der Waals surface area contributed by atoms with E-state index >= 15 is 0 Å². The molecule has 1 unspecified atom stereocenters. The second-order valence-electron chi connectivity index (χ2n) is 23.1. The molecule has 0 aliphatic carbocycles. The lowest BCUT2D eigenvalue weighted by molar-refractivity contribution is -0.167. The van der Waals surface area contributed by atoms with Gasteiger partial charge in [-0.2, -0.15) is 0 Å². The molecule has 82 heavy (non-hydrogen) atoms. The fraction of sp³-hybridized carbons (Fsp3) is 0.724. The standard InChI is InChI=1S/C76H130O6/c1-4-7-10-13-16-19-21-23-25-27-29-31-33-35-36-37-38-39-40-42-43-45-47-49-51-53-55-57-60-63-66-69-75(78)81-72-73(71-80-74(77)68-65-62-59-18-15-12-9-6-3)82-76(79)70-67-64-61-58-56-54-52-50-48-46-44-41-34-32-30-28-26-24-22-20-17-14-11-8-5-2/h8,11,17,20-21,23-24,26-27,29-30,32-33,35,41,44,48,50,73H,4-7,9-10,12-16,18-19,22,25,28,31,34,36-40,42-43,45-47,49,51-72H2,1-3H3/b11-8-,20-17-,23-21-,26-24-,29-27-,32-30-,35-33-,44-41-,50-48-. The molecule has 6 nitrogen and oxygen atoms in total. The van der Waals surface area contributed by atoms with Crippen molar-refractivity contribution in [1.29, 1.82) is 0 Å². The molecule has 0 aromatic rings. The molecule has 0 aromatic carbocycles. The lowest BCUT2D eigenvalue weighted by Gasteiger charge is -2.18. The molecular weight excluding hydrogens is 1010 g/mol. The Labute approximate surface area is 508 Å². The summed E-state index contributed by atoms with van der Waals surface area (Å²) >= 11 is 0. The Balaban J connectivity index is 4.14. The van der Waals surface area contributed by atoms with Crippen LogP contribution in [-0.2, 0) is 28.6 Å². The highest BCUT2D eigenvalue weighted by molar-refractivity contribution is 5.71. The predicted molar refractivity (Wildman–Crippen MR) is 357 cm³/mol. The van der Waals surface area contributed by atoms with E-state index in [9.17, 15) is 14.4 Å². The number of carbonyl (C=O) groups is 3. The van der Waals surface area contributed by atoms with Crippen molar-refractivity contribution in [1.82, 2.24) is 0 Å². The second kappa shape index (κ2) is 69.6. The van der Waals surface area contributed by atoms with E-state index in [1.165, 1.54) is 173 Å². The molecule has 0 saturated heterocycles. The van der Waals surface area contributed by atoms with Gasteiger partial charge in [-0.15, -0.1) is 0 Å². The molecular formula is C76H130O6. The van der Waals surface area contributed by atoms with Crippen molar-refractivity contribution >= 4 is 17.9 Å². The smallest absolute Gasteiger partial charge is 0.306 e. The lowest BCUT2D eigenvalue weighted by Crippen LogP contribution is -2.30. The van der Waals surface area contributed by atoms with Gasteiger partial charge in [0.2, 0.25) is 0 Å². The highest BCUT2D eigenvalue weighted by Crippen LogP contribution is 2.17. The zero-order valence-corrected chi connectivity index (χ0v) is 54.0. The summed E-state index contributed by atoms with van der Waals surface area (Å²) in [6, 6.07) is 0. The molecule has 0 rings (SSSR count). The Kier molecular flexibility index (Phi) is 66.2. The number of esters is 3. The molecule has 0 radical (unpaired) electrons. The number of allylic oxidation sites excluding steroid dienone is 18. The average molecular weight is 1140 g/mol. The van der Waals surface area contributed by atoms with Gasteiger partial charge in [-0.05, 0) is 109 Å². The quantitative estimate of drug-likeness (QED) is 0.0261. The first-order chi connectivity index (χ1) is 40.5. The van der Waals surface area contributed by atoms with Crippen LogP contribution >= 0.6 is 0 Å². The maximum absolute atomic E-state index is 12.9. The molecule has 0 fully saturated rings. The molecule has 6 heteroatoms. The van der Waals surface area contributed by atoms with Crippen molar-refractivity contribution in [3.05, 3.63) is 109 Å². The highest BCUT2D eigenvalue weighted by Gasteiger charge is 2.19. The van der Waals surface area contributed by atoms with Crippen molar-refractivity contribution in [2.45, 2.75) is 341 Å². The van der Waals surface area contributed by atoms with Gasteiger partial charge in [0.05, 0.1) is 0 Å². The van der Waals surface area contributed by atoms with E-state index < -0.39 is 6.10 Å². The first kappa shape index (κ1) is 78.1. The number of rotatable bonds is 63. The van der Waals surface area contributed by atoms with Gasteiger partial charge in [0, 0.05) is 19.3 Å². The van der Waals surface area contributed by atoms with Crippen LogP contribution in [0.15, 0.2) is 109 Å². The molecule has 0 aliphatic heterocycles. The Morgan fingerprint density at radius 3 is 0.744 bits per heavy atom. The zero-order chi connectivity index (χ0) is 59.2. The summed E-state index contributed by atoms with van der Waals surface area (Å²) < 4.78 is 16.9. The summed E-state index contributed by atoms with van der Waals surface area (Å²) in [5, 5.41) is 0. The zero-order valence-electron chi connectivity index (χ0n) is 54.0. The number of hydrogen-bond donors (Lipinski definition) is 0. The minimum atomic E-state index is -0.786. The SMILES string of the molecule is CC/C=C\C/C=C\C/C=C\C/C=C\C/C=C\C/C=C\CCCCCCCCC(=O)OC(COC(=O)CCCCCCCCCC)COC(=O)CCCCCCCCCCCCCCCCCC/C=C\C/C=C\C/C=C\CCCCCCC. The van der Waals surface area contributed by atoms with Crippen molar-refractivity contribution in [3.63, 3.8) is 0 Å². The molecule has 0 aromatic heterocycles. The Hall–Kier alpha value is -3.93. The van der Waals surface area contributed by atoms with E-state index in [1.807, 2.05) is 0 Å². The van der Waals surface area contributed by atoms with Crippen molar-refractivity contribution in [3.8, 4) is 0 Å². The van der Waals surface area contributed by atoms with Crippen molar-refractivity contribution in [2.24, 2.45) is 0 Å². The topological polar surface area (TPSA) is 78.9 Å². The van der Waals surface area contributed by atoms with E-state index in [-0.39, 0.29) is 31.1 Å². The van der Waals surface area contributed by atoms with Crippen molar-refractivity contribution < 1.29 is 28.6 Å². The first-order valence-electron chi connectivity index (χ1n) is 34.9. The second-order valence-corrected chi connectivity index (χ2v) is 23.1. The molecule has 0 aliphatic rings. The van der Waals surface area contributed by atoms with Gasteiger partial charge in [-0.25, -0.2) is 0 Å². The molecule has 470 valence electrons. The number of unbranched alkanes of at least 4 members (excludes halogenated alkanes) is 34. The summed E-state index contributed by atoms with van der Waals surface area (Å²) in [4.78, 5) is 38.2. The maximum atomic E-state index is 12.9. The van der Waals surface area contributed by atoms with E-state index in [2.05, 4.69) is 130 Å². The number of carbonyl (C=O) groups excluding carboxylic acids is 3. The van der Waals surface area contributed by atoms with Crippen LogP contribution in [0, 0.1) is 0 Å². The third-order valence-corrected chi connectivity index (χ3v) is 15.0. The van der Waals surface area contributed by atoms with Crippen LogP contribution in [0.3, 0.4) is 0 Å². The van der Waals surface area contributed by atoms with Crippen molar-refractivity contribution in [2.75, 3.05) is 13.2 Å². The van der Waals surface area contributed by atoms with Crippen LogP contribution < -0.4 is 0 Å². The molecule has 0 saturated carbocycles. The summed E-state index contributed by atoms with van der Waals surface area (Å²) in [5.41, 5.74) is 0. The number of ether oxygens (including phenoxy) is 3. The van der Waals surface area contributed by atoms with E-state index in [1.54, 1.807) is 0 Å². The molecule has 0 heterocycles. The van der Waals surface area contributed by atoms with Crippen LogP contribution in [0.25, 0.3) is 0 Å². The maximum Gasteiger partial charge on any atom is 0.306 e. The minimum Gasteiger partial charge on any atom is -0.462 e. The Morgan fingerprint density at radius 1 is 0.256 bits per heavy atom. The Bertz CT molecular complexity index is 1640. The van der Waals surface area contributed by atoms with Gasteiger partial charge in [-0.3, -0.25) is 14.4 Å². The van der Waals surface area contributed by atoms with Gasteiger partial charge in [-0.1, -0.05) is 316 Å². The largest absolute Gasteiger partial charge is 0.462 e. The molecule has 1 atom stereocenters. The third-order valence-electron chi connectivity index (χ3n) is 15.0. The lowest BCUT2D eigenvalue weighted by atomic mass is 10.0. The van der Waals surface area contributed by atoms with Gasteiger partial charge in [0.1, 0.15) is 13.2 Å². The number of hydrogen-bond acceptors (Lipinski definition) is 6. The molecule has 0 N–H and O–H groups in total. The van der Waals surface area contributed by atoms with Gasteiger partial charge >= 0.3 is 17.9 Å². The summed E-state index contributed by atoms with van der Waals surface area (Å²) in [7, 11) is 0. The Morgan fingerprint density at radius 2 is 0.476 bits per heavy atom. The van der Waals surface area contributed by atoms with Crippen LogP contribution in [0.1, 0.15) is 335 Å². The van der Waals surface area contributed by atoms with E-state index in [0.717, 1.165) is 122 Å². The average Bonchev–Trinajstić information content (AvgIpc) is 3.48. The fourth-order valence-corrected chi connectivity index (χ4v) is 9.81. The van der Waals surface area contributed by atoms with E-state index in [4.69, 9.17) is 14.2 Å². The van der Waals surface area contributed by atoms with Crippen LogP contribution in [0.2, 0.25) is 0 Å². The predicted octanol–water partition coefficient (Wildman–Crippen LogP) is 24.2. The van der Waals surface area contributed by atoms with Crippen LogP contribution in [0.5, 0.6) is 0 Å². The molecule has 0 spiro atoms. The van der Waals surface area contributed by atoms with E-state index in [0.29, 0.717) is 19.3 Å². The van der Waals surface area contributed by atoms with Gasteiger partial charge in [0.25, 0.3) is 0 Å². The van der Waals surface area contributed by atoms with Gasteiger partial charge in [0.15, 0.2) is 6.10 Å². The third kappa shape index (κ3) is 66.9. The summed E-state index contributed by atoms with van der Waals surface area (Å²) in [5.74, 6) is -0.891. The highest BCUT2D eigenvalue weighted by atomic mass is 16.6. The first-order valence-corrected chi connectivity index (χ1v) is 34.9. The minimum absolute atomic E-state index is 0.0821.